The normalized spacial score (nSPS) is 11.7. The van der Waals surface area contributed by atoms with Crippen LogP contribution in [0.5, 0.6) is 0 Å². The summed E-state index contributed by atoms with van der Waals surface area (Å²) in [6, 6.07) is 0.875. The number of H-pyrrole nitrogens is 1. The Bertz CT molecular complexity index is 353. The molecular formula is C8H8F3NO. The first-order valence-corrected chi connectivity index (χ1v) is 3.74. The minimum absolute atomic E-state index is 0.0744. The maximum absolute atomic E-state index is 12.3. The molecule has 0 aromatic carbocycles. The lowest BCUT2D eigenvalue weighted by Crippen LogP contribution is -2.19. The average molecular weight is 191 g/mol. The minimum Gasteiger partial charge on any atom is -0.329 e. The fourth-order valence-corrected chi connectivity index (χ4v) is 1.13. The van der Waals surface area contributed by atoms with Crippen LogP contribution < -0.4 is 5.56 Å². The van der Waals surface area contributed by atoms with E-state index in [1.54, 1.807) is 0 Å². The number of pyridine rings is 1. The van der Waals surface area contributed by atoms with Gasteiger partial charge in [-0.15, -0.1) is 0 Å². The van der Waals surface area contributed by atoms with E-state index in [-0.39, 0.29) is 12.0 Å². The van der Waals surface area contributed by atoms with Gasteiger partial charge in [-0.1, -0.05) is 6.92 Å². The molecule has 1 heterocycles. The molecule has 0 fully saturated rings. The molecule has 1 aromatic heterocycles. The van der Waals surface area contributed by atoms with Crippen molar-refractivity contribution in [1.82, 2.24) is 4.98 Å². The van der Waals surface area contributed by atoms with Crippen molar-refractivity contribution in [2.24, 2.45) is 0 Å². The molecule has 0 amide bonds. The van der Waals surface area contributed by atoms with E-state index in [4.69, 9.17) is 0 Å². The average Bonchev–Trinajstić information content (AvgIpc) is 2.02. The van der Waals surface area contributed by atoms with Crippen molar-refractivity contribution < 1.29 is 13.2 Å². The molecular weight excluding hydrogens is 183 g/mol. The largest absolute Gasteiger partial charge is 0.416 e. The summed E-state index contributed by atoms with van der Waals surface area (Å²) < 4.78 is 36.8. The predicted octanol–water partition coefficient (Wildman–Crippen LogP) is 1.96. The molecule has 0 atom stereocenters. The highest BCUT2D eigenvalue weighted by Crippen LogP contribution is 2.30. The van der Waals surface area contributed by atoms with Crippen LogP contribution in [0.3, 0.4) is 0 Å². The van der Waals surface area contributed by atoms with Gasteiger partial charge in [-0.3, -0.25) is 4.79 Å². The van der Waals surface area contributed by atoms with Crippen molar-refractivity contribution in [2.75, 3.05) is 0 Å². The molecule has 0 spiro atoms. The van der Waals surface area contributed by atoms with Gasteiger partial charge in [0.25, 0.3) is 5.56 Å². The second-order valence-electron chi connectivity index (χ2n) is 2.55. The van der Waals surface area contributed by atoms with Gasteiger partial charge in [-0.05, 0) is 12.5 Å². The van der Waals surface area contributed by atoms with E-state index in [9.17, 15) is 18.0 Å². The third-order valence-corrected chi connectivity index (χ3v) is 1.72. The summed E-state index contributed by atoms with van der Waals surface area (Å²) in [5.41, 5.74) is -1.73. The van der Waals surface area contributed by atoms with Gasteiger partial charge in [0.05, 0.1) is 5.56 Å². The lowest BCUT2D eigenvalue weighted by molar-refractivity contribution is -0.138. The van der Waals surface area contributed by atoms with E-state index in [1.807, 2.05) is 0 Å². The monoisotopic (exact) mass is 191 g/mol. The summed E-state index contributed by atoms with van der Waals surface area (Å²) >= 11 is 0. The van der Waals surface area contributed by atoms with Gasteiger partial charge in [0.1, 0.15) is 0 Å². The Labute approximate surface area is 72.4 Å². The second-order valence-corrected chi connectivity index (χ2v) is 2.55. The van der Waals surface area contributed by atoms with Crippen LogP contribution in [-0.2, 0) is 12.6 Å². The number of hydrogen-bond donors (Lipinski definition) is 1. The highest BCUT2D eigenvalue weighted by atomic mass is 19.4. The van der Waals surface area contributed by atoms with Crippen LogP contribution >= 0.6 is 0 Å². The highest BCUT2D eigenvalue weighted by molar-refractivity contribution is 5.26. The van der Waals surface area contributed by atoms with E-state index in [2.05, 4.69) is 4.98 Å². The molecule has 1 N–H and O–H groups in total. The Morgan fingerprint density at radius 1 is 1.46 bits per heavy atom. The molecule has 0 aliphatic carbocycles. The summed E-state index contributed by atoms with van der Waals surface area (Å²) in [6.07, 6.45) is -3.37. The van der Waals surface area contributed by atoms with E-state index in [0.29, 0.717) is 0 Å². The maximum Gasteiger partial charge on any atom is 0.416 e. The number of rotatable bonds is 1. The summed E-state index contributed by atoms with van der Waals surface area (Å²) in [5, 5.41) is 0. The van der Waals surface area contributed by atoms with Crippen molar-refractivity contribution >= 4 is 0 Å². The van der Waals surface area contributed by atoms with Crippen LogP contribution in [0, 0.1) is 0 Å². The molecule has 0 aliphatic rings. The van der Waals surface area contributed by atoms with Crippen LogP contribution in [0.25, 0.3) is 0 Å². The molecule has 1 aromatic rings. The molecule has 13 heavy (non-hydrogen) atoms. The van der Waals surface area contributed by atoms with Gasteiger partial charge in [-0.2, -0.15) is 13.2 Å². The first-order chi connectivity index (χ1) is 5.96. The van der Waals surface area contributed by atoms with E-state index in [1.165, 1.54) is 6.92 Å². The highest BCUT2D eigenvalue weighted by Gasteiger charge is 2.33. The Hall–Kier alpha value is -1.26. The number of halogens is 3. The van der Waals surface area contributed by atoms with Crippen molar-refractivity contribution in [2.45, 2.75) is 19.5 Å². The van der Waals surface area contributed by atoms with Crippen LogP contribution in [0.2, 0.25) is 0 Å². The summed E-state index contributed by atoms with van der Waals surface area (Å²) in [4.78, 5) is 13.2. The molecule has 2 nitrogen and oxygen atoms in total. The molecule has 0 bridgehead atoms. The Morgan fingerprint density at radius 3 is 2.46 bits per heavy atom. The topological polar surface area (TPSA) is 32.9 Å². The van der Waals surface area contributed by atoms with Crippen molar-refractivity contribution in [1.29, 1.82) is 0 Å². The molecule has 0 saturated heterocycles. The zero-order valence-corrected chi connectivity index (χ0v) is 6.90. The summed E-state index contributed by atoms with van der Waals surface area (Å²) in [5.74, 6) is 0. The number of hydrogen-bond acceptors (Lipinski definition) is 1. The molecule has 0 saturated carbocycles. The van der Waals surface area contributed by atoms with Gasteiger partial charge in [0, 0.05) is 11.8 Å². The lowest BCUT2D eigenvalue weighted by Gasteiger charge is -2.09. The van der Waals surface area contributed by atoms with Gasteiger partial charge >= 0.3 is 6.18 Å². The Balaban J connectivity index is 3.38. The zero-order valence-electron chi connectivity index (χ0n) is 6.90. The van der Waals surface area contributed by atoms with Gasteiger partial charge in [0.15, 0.2) is 0 Å². The number of aromatic nitrogens is 1. The molecule has 5 heteroatoms. The predicted molar refractivity (Wildman–Crippen MR) is 41.4 cm³/mol. The van der Waals surface area contributed by atoms with E-state index >= 15 is 0 Å². The summed E-state index contributed by atoms with van der Waals surface area (Å²) in [7, 11) is 0. The molecule has 1 rings (SSSR count). The number of alkyl halides is 3. The fraction of sp³-hybridized carbons (Fsp3) is 0.375. The Kier molecular flexibility index (Phi) is 2.45. The third-order valence-electron chi connectivity index (χ3n) is 1.72. The van der Waals surface area contributed by atoms with E-state index in [0.717, 1.165) is 12.3 Å². The fourth-order valence-electron chi connectivity index (χ4n) is 1.13. The SMILES string of the molecule is CCc1c(C(F)(F)F)cc[nH]c1=O. The first kappa shape index (κ1) is 9.83. The second kappa shape index (κ2) is 3.24. The van der Waals surface area contributed by atoms with Crippen molar-refractivity contribution in [3.05, 3.63) is 33.7 Å². The smallest absolute Gasteiger partial charge is 0.329 e. The van der Waals surface area contributed by atoms with Crippen molar-refractivity contribution in [3.63, 3.8) is 0 Å². The number of aromatic amines is 1. The first-order valence-electron chi connectivity index (χ1n) is 3.74. The minimum atomic E-state index is -4.44. The standard InChI is InChI=1S/C8H8F3NO/c1-2-5-6(8(9,10)11)3-4-12-7(5)13/h3-4H,2H2,1H3,(H,12,13). The van der Waals surface area contributed by atoms with Crippen LogP contribution in [0.1, 0.15) is 18.1 Å². The quantitative estimate of drug-likeness (QED) is 0.723. The maximum atomic E-state index is 12.3. The molecule has 0 aliphatic heterocycles. The zero-order chi connectivity index (χ0) is 10.1. The molecule has 0 radical (unpaired) electrons. The Morgan fingerprint density at radius 2 is 2.08 bits per heavy atom. The van der Waals surface area contributed by atoms with Gasteiger partial charge in [0.2, 0.25) is 0 Å². The van der Waals surface area contributed by atoms with Crippen LogP contribution in [0.4, 0.5) is 13.2 Å². The molecule has 72 valence electrons. The molecule has 0 unspecified atom stereocenters. The van der Waals surface area contributed by atoms with Crippen LogP contribution in [-0.4, -0.2) is 4.98 Å². The number of nitrogens with one attached hydrogen (secondary N) is 1. The van der Waals surface area contributed by atoms with Crippen molar-refractivity contribution in [3.8, 4) is 0 Å². The van der Waals surface area contributed by atoms with Crippen LogP contribution in [0.15, 0.2) is 17.1 Å². The third kappa shape index (κ3) is 1.91. The van der Waals surface area contributed by atoms with E-state index < -0.39 is 17.3 Å². The van der Waals surface area contributed by atoms with Gasteiger partial charge < -0.3 is 4.98 Å². The lowest BCUT2D eigenvalue weighted by atomic mass is 10.1. The summed E-state index contributed by atoms with van der Waals surface area (Å²) in [6.45, 7) is 1.51. The van der Waals surface area contributed by atoms with Gasteiger partial charge in [-0.25, -0.2) is 0 Å².